The molecule has 26 heavy (non-hydrogen) atoms. The van der Waals surface area contributed by atoms with Gasteiger partial charge in [-0.15, -0.1) is 0 Å². The van der Waals surface area contributed by atoms with Crippen LogP contribution in [0.2, 0.25) is 0 Å². The summed E-state index contributed by atoms with van der Waals surface area (Å²) >= 11 is 0. The quantitative estimate of drug-likeness (QED) is 0.178. The van der Waals surface area contributed by atoms with Gasteiger partial charge in [-0.05, 0) is 24.3 Å². The molecule has 134 valence electrons. The zero-order valence-corrected chi connectivity index (χ0v) is 13.9. The maximum Gasteiger partial charge on any atom is 0.294 e. The number of nitrogens with two attached hydrogens (primary N) is 1. The fourth-order valence-electron chi connectivity index (χ4n) is 2.53. The first-order valence-corrected chi connectivity index (χ1v) is 8.65. The predicted molar refractivity (Wildman–Crippen MR) is 96.2 cm³/mol. The number of nitrogen functional groups attached to an aromatic ring is 1. The molecule has 0 radical (unpaired) electrons. The van der Waals surface area contributed by atoms with Crippen LogP contribution in [0, 0.1) is 10.1 Å². The molecule has 3 aromatic rings. The molecule has 0 aliphatic carbocycles. The van der Waals surface area contributed by atoms with Crippen molar-refractivity contribution in [3.05, 3.63) is 58.6 Å². The highest BCUT2D eigenvalue weighted by Gasteiger charge is 2.15. The van der Waals surface area contributed by atoms with Gasteiger partial charge in [0.25, 0.3) is 15.8 Å². The van der Waals surface area contributed by atoms with Crippen LogP contribution in [0.4, 0.5) is 22.7 Å². The van der Waals surface area contributed by atoms with Gasteiger partial charge in [0, 0.05) is 34.7 Å². The molecule has 0 spiro atoms. The Morgan fingerprint density at radius 1 is 1.08 bits per heavy atom. The van der Waals surface area contributed by atoms with Gasteiger partial charge in [0.1, 0.15) is 5.75 Å². The molecule has 0 aromatic heterocycles. The van der Waals surface area contributed by atoms with Crippen molar-refractivity contribution in [1.82, 2.24) is 0 Å². The molecule has 5 N–H and O–H groups in total. The SMILES string of the molecule is Nc1c(O)cc(Nc2cccc(S(=O)(=O)O)c2)c2cc([N+](=O)[O-])ccc12. The predicted octanol–water partition coefficient (Wildman–Crippen LogP) is 3.03. The number of nitro benzene ring substituents is 1. The van der Waals surface area contributed by atoms with E-state index in [0.29, 0.717) is 10.8 Å². The van der Waals surface area contributed by atoms with E-state index in [4.69, 9.17) is 10.3 Å². The highest BCUT2D eigenvalue weighted by atomic mass is 32.2. The number of phenols is 1. The van der Waals surface area contributed by atoms with Gasteiger partial charge in [-0.25, -0.2) is 0 Å². The number of fused-ring (bicyclic) bond motifs is 1. The summed E-state index contributed by atoms with van der Waals surface area (Å²) in [4.78, 5) is 10.1. The van der Waals surface area contributed by atoms with E-state index in [2.05, 4.69) is 5.32 Å². The number of phenolic OH excluding ortho intramolecular Hbond substituents is 1. The van der Waals surface area contributed by atoms with Crippen molar-refractivity contribution in [2.75, 3.05) is 11.1 Å². The number of nitrogens with zero attached hydrogens (tertiary/aromatic N) is 1. The molecule has 0 aliphatic rings. The van der Waals surface area contributed by atoms with E-state index in [1.165, 1.54) is 48.5 Å². The summed E-state index contributed by atoms with van der Waals surface area (Å²) in [6, 6.07) is 10.6. The number of hydrogen-bond acceptors (Lipinski definition) is 7. The van der Waals surface area contributed by atoms with Crippen molar-refractivity contribution in [2.45, 2.75) is 4.90 Å². The smallest absolute Gasteiger partial charge is 0.294 e. The molecule has 0 heterocycles. The van der Waals surface area contributed by atoms with Gasteiger partial charge in [-0.2, -0.15) is 8.42 Å². The lowest BCUT2D eigenvalue weighted by molar-refractivity contribution is -0.384. The second-order valence-electron chi connectivity index (χ2n) is 5.47. The summed E-state index contributed by atoms with van der Waals surface area (Å²) < 4.78 is 31.7. The fourth-order valence-corrected chi connectivity index (χ4v) is 3.05. The van der Waals surface area contributed by atoms with Gasteiger partial charge in [-0.3, -0.25) is 14.7 Å². The summed E-state index contributed by atoms with van der Waals surface area (Å²) in [6.45, 7) is 0. The molecule has 10 heteroatoms. The summed E-state index contributed by atoms with van der Waals surface area (Å²) in [5.41, 5.74) is 6.29. The summed E-state index contributed by atoms with van der Waals surface area (Å²) in [5.74, 6) is -0.236. The van der Waals surface area contributed by atoms with E-state index >= 15 is 0 Å². The third-order valence-corrected chi connectivity index (χ3v) is 4.61. The number of aromatic hydroxyl groups is 1. The normalized spacial score (nSPS) is 11.4. The van der Waals surface area contributed by atoms with Crippen molar-refractivity contribution in [3.63, 3.8) is 0 Å². The van der Waals surface area contributed by atoms with Crippen LogP contribution in [0.5, 0.6) is 5.75 Å². The van der Waals surface area contributed by atoms with Crippen molar-refractivity contribution < 1.29 is 23.0 Å². The van der Waals surface area contributed by atoms with E-state index in [0.717, 1.165) is 0 Å². The molecule has 0 atom stereocenters. The van der Waals surface area contributed by atoms with Crippen molar-refractivity contribution in [3.8, 4) is 5.75 Å². The molecule has 0 fully saturated rings. The van der Waals surface area contributed by atoms with Crippen LogP contribution in [0.1, 0.15) is 0 Å². The number of benzene rings is 3. The van der Waals surface area contributed by atoms with Gasteiger partial charge < -0.3 is 16.2 Å². The minimum absolute atomic E-state index is 0.0622. The summed E-state index contributed by atoms with van der Waals surface area (Å²) in [6.07, 6.45) is 0. The monoisotopic (exact) mass is 375 g/mol. The van der Waals surface area contributed by atoms with Crippen LogP contribution in [-0.2, 0) is 10.1 Å². The molecule has 3 aromatic carbocycles. The molecule has 0 bridgehead atoms. The van der Waals surface area contributed by atoms with Crippen LogP contribution in [0.3, 0.4) is 0 Å². The zero-order valence-electron chi connectivity index (χ0n) is 13.1. The maximum absolute atomic E-state index is 11.3. The lowest BCUT2D eigenvalue weighted by Crippen LogP contribution is -2.00. The van der Waals surface area contributed by atoms with E-state index < -0.39 is 15.0 Å². The first kappa shape index (κ1) is 17.5. The Labute approximate surface area is 147 Å². The van der Waals surface area contributed by atoms with E-state index in [9.17, 15) is 23.6 Å². The molecular weight excluding hydrogens is 362 g/mol. The molecule has 0 saturated heterocycles. The topological polar surface area (TPSA) is 156 Å². The standard InChI is InChI=1S/C16H13N3O6S/c17-16-12-5-4-10(19(21)22)7-13(12)14(8-15(16)20)18-9-2-1-3-11(6-9)26(23,24)25/h1-8,18,20H,17H2,(H,23,24,25). The van der Waals surface area contributed by atoms with Gasteiger partial charge in [0.05, 0.1) is 21.2 Å². The molecule has 0 aliphatic heterocycles. The number of nitro groups is 1. The molecule has 9 nitrogen and oxygen atoms in total. The fraction of sp³-hybridized carbons (Fsp3) is 0. The average Bonchev–Trinajstić information content (AvgIpc) is 2.58. The van der Waals surface area contributed by atoms with Gasteiger partial charge in [-0.1, -0.05) is 6.07 Å². The van der Waals surface area contributed by atoms with Crippen molar-refractivity contribution >= 4 is 43.6 Å². The number of nitrogens with one attached hydrogen (secondary N) is 1. The lowest BCUT2D eigenvalue weighted by Gasteiger charge is -2.13. The highest BCUT2D eigenvalue weighted by molar-refractivity contribution is 7.85. The highest BCUT2D eigenvalue weighted by Crippen LogP contribution is 2.38. The first-order valence-electron chi connectivity index (χ1n) is 7.21. The van der Waals surface area contributed by atoms with Crippen LogP contribution >= 0.6 is 0 Å². The number of anilines is 3. The Hall–Kier alpha value is -3.37. The van der Waals surface area contributed by atoms with Crippen LogP contribution < -0.4 is 11.1 Å². The minimum Gasteiger partial charge on any atom is -0.506 e. The lowest BCUT2D eigenvalue weighted by atomic mass is 10.0. The van der Waals surface area contributed by atoms with E-state index in [1.807, 2.05) is 0 Å². The van der Waals surface area contributed by atoms with Crippen LogP contribution in [-0.4, -0.2) is 23.0 Å². The number of non-ortho nitro benzene ring substituents is 1. The molecule has 0 saturated carbocycles. The molecular formula is C16H13N3O6S. The third kappa shape index (κ3) is 3.23. The molecule has 0 unspecified atom stereocenters. The Morgan fingerprint density at radius 3 is 2.46 bits per heavy atom. The number of hydrogen-bond donors (Lipinski definition) is 4. The third-order valence-electron chi connectivity index (χ3n) is 3.76. The van der Waals surface area contributed by atoms with E-state index in [1.54, 1.807) is 0 Å². The Kier molecular flexibility index (Phi) is 4.14. The van der Waals surface area contributed by atoms with Gasteiger partial charge >= 0.3 is 0 Å². The van der Waals surface area contributed by atoms with E-state index in [-0.39, 0.29) is 33.4 Å². The largest absolute Gasteiger partial charge is 0.506 e. The zero-order chi connectivity index (χ0) is 19.1. The Morgan fingerprint density at radius 2 is 1.81 bits per heavy atom. The first-order chi connectivity index (χ1) is 12.2. The molecule has 0 amide bonds. The summed E-state index contributed by atoms with van der Waals surface area (Å²) in [7, 11) is -4.39. The Balaban J connectivity index is 2.17. The van der Waals surface area contributed by atoms with Crippen molar-refractivity contribution in [1.29, 1.82) is 0 Å². The van der Waals surface area contributed by atoms with Gasteiger partial charge in [0.15, 0.2) is 0 Å². The van der Waals surface area contributed by atoms with Crippen molar-refractivity contribution in [2.24, 2.45) is 0 Å². The Bertz CT molecular complexity index is 1140. The van der Waals surface area contributed by atoms with Crippen LogP contribution in [0.25, 0.3) is 10.8 Å². The van der Waals surface area contributed by atoms with Gasteiger partial charge in [0.2, 0.25) is 0 Å². The molecule has 3 rings (SSSR count). The minimum atomic E-state index is -4.39. The second kappa shape index (κ2) is 6.17. The van der Waals surface area contributed by atoms with Crippen LogP contribution in [0.15, 0.2) is 53.4 Å². The number of rotatable bonds is 4. The summed E-state index contributed by atoms with van der Waals surface area (Å²) in [5, 5.41) is 24.7. The maximum atomic E-state index is 11.3. The second-order valence-corrected chi connectivity index (χ2v) is 6.89. The average molecular weight is 375 g/mol.